The molecule has 0 aliphatic heterocycles. The molecule has 0 saturated carbocycles. The van der Waals surface area contributed by atoms with Gasteiger partial charge in [0.05, 0.1) is 12.7 Å². The van der Waals surface area contributed by atoms with Gasteiger partial charge in [-0.1, -0.05) is 20.8 Å². The minimum atomic E-state index is -0.408. The van der Waals surface area contributed by atoms with Gasteiger partial charge in [0.2, 0.25) is 0 Å². The highest BCUT2D eigenvalue weighted by molar-refractivity contribution is 4.76. The van der Waals surface area contributed by atoms with Crippen LogP contribution in [0.1, 0.15) is 27.7 Å². The first-order valence-corrected chi connectivity index (χ1v) is 4.78. The molecule has 0 aliphatic carbocycles. The van der Waals surface area contributed by atoms with Crippen LogP contribution < -0.4 is 5.32 Å². The van der Waals surface area contributed by atoms with Gasteiger partial charge in [-0.2, -0.15) is 0 Å². The lowest BCUT2D eigenvalue weighted by Gasteiger charge is -2.29. The normalized spacial score (nSPS) is 17.1. The average molecular weight is 189 g/mol. The van der Waals surface area contributed by atoms with Crippen molar-refractivity contribution < 1.29 is 9.84 Å². The van der Waals surface area contributed by atoms with E-state index in [4.69, 9.17) is 4.74 Å². The summed E-state index contributed by atoms with van der Waals surface area (Å²) in [5.41, 5.74) is 0.229. The maximum Gasteiger partial charge on any atom is 0.0897 e. The fourth-order valence-electron chi connectivity index (χ4n) is 0.870. The topological polar surface area (TPSA) is 41.5 Å². The first-order valence-electron chi connectivity index (χ1n) is 4.78. The van der Waals surface area contributed by atoms with Crippen molar-refractivity contribution >= 4 is 0 Å². The summed E-state index contributed by atoms with van der Waals surface area (Å²) in [6.45, 7) is 9.63. The maximum absolute atomic E-state index is 9.38. The first kappa shape index (κ1) is 12.9. The highest BCUT2D eigenvalue weighted by Gasteiger charge is 2.19. The van der Waals surface area contributed by atoms with Crippen molar-refractivity contribution in [3.8, 4) is 0 Å². The lowest BCUT2D eigenvalue weighted by atomic mass is 9.88. The van der Waals surface area contributed by atoms with Gasteiger partial charge in [0.25, 0.3) is 0 Å². The third kappa shape index (κ3) is 6.02. The zero-order valence-corrected chi connectivity index (χ0v) is 9.42. The fourth-order valence-corrected chi connectivity index (χ4v) is 0.870. The highest BCUT2D eigenvalue weighted by atomic mass is 16.5. The molecule has 0 spiro atoms. The smallest absolute Gasteiger partial charge is 0.0897 e. The number of aliphatic hydroxyl groups is 1. The fraction of sp³-hybridized carbons (Fsp3) is 1.00. The Balaban J connectivity index is 3.63. The van der Waals surface area contributed by atoms with Gasteiger partial charge >= 0.3 is 0 Å². The van der Waals surface area contributed by atoms with Crippen molar-refractivity contribution in [2.24, 2.45) is 5.41 Å². The maximum atomic E-state index is 9.38. The molecule has 2 unspecified atom stereocenters. The second-order valence-electron chi connectivity index (χ2n) is 4.61. The summed E-state index contributed by atoms with van der Waals surface area (Å²) >= 11 is 0. The van der Waals surface area contributed by atoms with Crippen LogP contribution in [0.25, 0.3) is 0 Å². The Morgan fingerprint density at radius 2 is 1.92 bits per heavy atom. The minimum Gasteiger partial charge on any atom is -0.389 e. The number of methoxy groups -OCH3 is 1. The van der Waals surface area contributed by atoms with Crippen molar-refractivity contribution in [3.05, 3.63) is 0 Å². The van der Waals surface area contributed by atoms with Crippen LogP contribution in [0, 0.1) is 5.41 Å². The Morgan fingerprint density at radius 1 is 1.38 bits per heavy atom. The van der Waals surface area contributed by atoms with Gasteiger partial charge in [0, 0.05) is 19.7 Å². The second kappa shape index (κ2) is 5.58. The summed E-state index contributed by atoms with van der Waals surface area (Å²) in [4.78, 5) is 0. The summed E-state index contributed by atoms with van der Waals surface area (Å²) in [7, 11) is 1.59. The summed E-state index contributed by atoms with van der Waals surface area (Å²) in [6, 6.07) is 0.388. The molecule has 2 N–H and O–H groups in total. The zero-order chi connectivity index (χ0) is 10.5. The number of hydrogen-bond acceptors (Lipinski definition) is 3. The van der Waals surface area contributed by atoms with Gasteiger partial charge in [0.15, 0.2) is 0 Å². The Bertz CT molecular complexity index is 131. The van der Waals surface area contributed by atoms with Crippen LogP contribution in [0.4, 0.5) is 0 Å². The standard InChI is InChI=1S/C10H23NO2/c1-8(10(2,3)4)11-6-9(12)7-13-5/h8-9,11-12H,6-7H2,1-5H3. The molecule has 0 heterocycles. The van der Waals surface area contributed by atoms with E-state index >= 15 is 0 Å². The molecule has 0 fully saturated rings. The SMILES string of the molecule is COCC(O)CNC(C)C(C)(C)C. The van der Waals surface area contributed by atoms with Crippen LogP contribution >= 0.6 is 0 Å². The van der Waals surface area contributed by atoms with Gasteiger partial charge in [-0.15, -0.1) is 0 Å². The van der Waals surface area contributed by atoms with E-state index in [0.29, 0.717) is 19.2 Å². The number of ether oxygens (including phenoxy) is 1. The monoisotopic (exact) mass is 189 g/mol. The van der Waals surface area contributed by atoms with E-state index in [1.54, 1.807) is 7.11 Å². The molecule has 3 nitrogen and oxygen atoms in total. The summed E-state index contributed by atoms with van der Waals surface area (Å²) < 4.78 is 4.83. The third-order valence-electron chi connectivity index (χ3n) is 2.32. The van der Waals surface area contributed by atoms with Gasteiger partial charge in [0.1, 0.15) is 0 Å². The average Bonchev–Trinajstić information content (AvgIpc) is 1.99. The summed E-state index contributed by atoms with van der Waals surface area (Å²) in [5.74, 6) is 0. The second-order valence-corrected chi connectivity index (χ2v) is 4.61. The Morgan fingerprint density at radius 3 is 2.31 bits per heavy atom. The van der Waals surface area contributed by atoms with Gasteiger partial charge in [-0.25, -0.2) is 0 Å². The number of aliphatic hydroxyl groups excluding tert-OH is 1. The van der Waals surface area contributed by atoms with Crippen molar-refractivity contribution in [1.29, 1.82) is 0 Å². The molecule has 0 saturated heterocycles. The van der Waals surface area contributed by atoms with Gasteiger partial charge < -0.3 is 15.2 Å². The summed E-state index contributed by atoms with van der Waals surface area (Å²) in [5, 5.41) is 12.7. The molecule has 0 aliphatic rings. The van der Waals surface area contributed by atoms with Crippen LogP contribution in [0.2, 0.25) is 0 Å². The molecule has 0 radical (unpaired) electrons. The molecule has 0 bridgehead atoms. The lowest BCUT2D eigenvalue weighted by Crippen LogP contribution is -2.42. The Kier molecular flexibility index (Phi) is 5.53. The van der Waals surface area contributed by atoms with E-state index in [9.17, 15) is 5.11 Å². The molecule has 0 rings (SSSR count). The molecular weight excluding hydrogens is 166 g/mol. The molecule has 0 amide bonds. The van der Waals surface area contributed by atoms with E-state index in [2.05, 4.69) is 33.0 Å². The molecule has 0 aromatic carbocycles. The van der Waals surface area contributed by atoms with E-state index in [-0.39, 0.29) is 5.41 Å². The van der Waals surface area contributed by atoms with Crippen molar-refractivity contribution in [1.82, 2.24) is 5.32 Å². The highest BCUT2D eigenvalue weighted by Crippen LogP contribution is 2.18. The largest absolute Gasteiger partial charge is 0.389 e. The predicted octanol–water partition coefficient (Wildman–Crippen LogP) is 1.02. The molecule has 80 valence electrons. The van der Waals surface area contributed by atoms with Crippen LogP contribution in [0.15, 0.2) is 0 Å². The quantitative estimate of drug-likeness (QED) is 0.678. The number of nitrogens with one attached hydrogen (secondary N) is 1. The third-order valence-corrected chi connectivity index (χ3v) is 2.32. The van der Waals surface area contributed by atoms with Crippen LogP contribution in [-0.4, -0.2) is 37.5 Å². The molecule has 0 aromatic heterocycles. The minimum absolute atomic E-state index is 0.229. The zero-order valence-electron chi connectivity index (χ0n) is 9.42. The van der Waals surface area contributed by atoms with E-state index in [0.717, 1.165) is 0 Å². The summed E-state index contributed by atoms with van der Waals surface area (Å²) in [6.07, 6.45) is -0.408. The molecule has 0 aromatic rings. The Labute approximate surface area is 81.5 Å². The molecule has 2 atom stereocenters. The van der Waals surface area contributed by atoms with Gasteiger partial charge in [-0.3, -0.25) is 0 Å². The van der Waals surface area contributed by atoms with Crippen molar-refractivity contribution in [2.75, 3.05) is 20.3 Å². The van der Waals surface area contributed by atoms with Crippen LogP contribution in [0.5, 0.6) is 0 Å². The number of hydrogen-bond donors (Lipinski definition) is 2. The molecular formula is C10H23NO2. The van der Waals surface area contributed by atoms with E-state index < -0.39 is 6.10 Å². The molecule has 3 heteroatoms. The van der Waals surface area contributed by atoms with Crippen molar-refractivity contribution in [2.45, 2.75) is 39.8 Å². The lowest BCUT2D eigenvalue weighted by molar-refractivity contribution is 0.0600. The van der Waals surface area contributed by atoms with Crippen molar-refractivity contribution in [3.63, 3.8) is 0 Å². The Hall–Kier alpha value is -0.120. The van der Waals surface area contributed by atoms with E-state index in [1.165, 1.54) is 0 Å². The predicted molar refractivity (Wildman–Crippen MR) is 54.8 cm³/mol. The van der Waals surface area contributed by atoms with Crippen LogP contribution in [-0.2, 0) is 4.74 Å². The van der Waals surface area contributed by atoms with Crippen LogP contribution in [0.3, 0.4) is 0 Å². The molecule has 13 heavy (non-hydrogen) atoms. The van der Waals surface area contributed by atoms with Gasteiger partial charge in [-0.05, 0) is 12.3 Å². The first-order chi connectivity index (χ1) is 5.88. The number of rotatable bonds is 5. The van der Waals surface area contributed by atoms with E-state index in [1.807, 2.05) is 0 Å².